The monoisotopic (exact) mass is 442 g/mol. The summed E-state index contributed by atoms with van der Waals surface area (Å²) in [5.74, 6) is -0.532. The maximum absolute atomic E-state index is 12.7. The molecule has 5 nitrogen and oxygen atoms in total. The van der Waals surface area contributed by atoms with Crippen molar-refractivity contribution in [2.24, 2.45) is 5.10 Å². The van der Waals surface area contributed by atoms with Crippen LogP contribution in [-0.4, -0.2) is 18.1 Å². The summed E-state index contributed by atoms with van der Waals surface area (Å²) in [7, 11) is 0. The Bertz CT molecular complexity index is 1330. The van der Waals surface area contributed by atoms with E-state index in [-0.39, 0.29) is 0 Å². The second-order valence-electron chi connectivity index (χ2n) is 7.16. The van der Waals surface area contributed by atoms with E-state index in [0.29, 0.717) is 27.5 Å². The average molecular weight is 443 g/mol. The van der Waals surface area contributed by atoms with Gasteiger partial charge in [-0.1, -0.05) is 65.7 Å². The van der Waals surface area contributed by atoms with E-state index in [1.165, 1.54) is 6.21 Å². The van der Waals surface area contributed by atoms with Gasteiger partial charge in [0.15, 0.2) is 0 Å². The van der Waals surface area contributed by atoms with Crippen LogP contribution >= 0.6 is 11.6 Å². The SMILES string of the molecule is Cc1ccc(C(=O)Oc2ccc3ccccc3c2/C=N/NC(=O)c2cccc(Cl)c2)cc1. The predicted molar refractivity (Wildman–Crippen MR) is 127 cm³/mol. The average Bonchev–Trinajstić information content (AvgIpc) is 2.80. The molecule has 0 saturated heterocycles. The Morgan fingerprint density at radius 2 is 1.69 bits per heavy atom. The number of rotatable bonds is 5. The summed E-state index contributed by atoms with van der Waals surface area (Å²) in [5, 5.41) is 6.34. The fourth-order valence-corrected chi connectivity index (χ4v) is 3.39. The summed E-state index contributed by atoms with van der Waals surface area (Å²) in [4.78, 5) is 25.0. The molecule has 4 aromatic rings. The van der Waals surface area contributed by atoms with E-state index < -0.39 is 11.9 Å². The molecule has 0 saturated carbocycles. The largest absolute Gasteiger partial charge is 0.422 e. The highest BCUT2D eigenvalue weighted by atomic mass is 35.5. The second-order valence-corrected chi connectivity index (χ2v) is 7.60. The lowest BCUT2D eigenvalue weighted by Gasteiger charge is -2.11. The number of esters is 1. The first-order valence-corrected chi connectivity index (χ1v) is 10.3. The third kappa shape index (κ3) is 4.85. The fraction of sp³-hybridized carbons (Fsp3) is 0.0385. The zero-order valence-corrected chi connectivity index (χ0v) is 18.0. The third-order valence-corrected chi connectivity index (χ3v) is 5.10. The summed E-state index contributed by atoms with van der Waals surface area (Å²) >= 11 is 5.95. The van der Waals surface area contributed by atoms with Gasteiger partial charge in [0, 0.05) is 16.1 Å². The maximum Gasteiger partial charge on any atom is 0.343 e. The maximum atomic E-state index is 12.7. The summed E-state index contributed by atoms with van der Waals surface area (Å²) in [5.41, 5.74) is 4.95. The molecule has 0 unspecified atom stereocenters. The van der Waals surface area contributed by atoms with Gasteiger partial charge in [-0.3, -0.25) is 4.79 Å². The number of amides is 1. The Morgan fingerprint density at radius 3 is 2.47 bits per heavy atom. The number of aryl methyl sites for hydroxylation is 1. The zero-order chi connectivity index (χ0) is 22.5. The molecule has 0 heterocycles. The van der Waals surface area contributed by atoms with Gasteiger partial charge in [-0.25, -0.2) is 10.2 Å². The number of fused-ring (bicyclic) bond motifs is 1. The van der Waals surface area contributed by atoms with Crippen molar-refractivity contribution in [3.8, 4) is 5.75 Å². The van der Waals surface area contributed by atoms with Crippen molar-refractivity contribution in [3.63, 3.8) is 0 Å². The van der Waals surface area contributed by atoms with E-state index in [1.807, 2.05) is 49.4 Å². The first-order valence-electron chi connectivity index (χ1n) is 9.91. The molecular formula is C26H19ClN2O3. The van der Waals surface area contributed by atoms with Crippen LogP contribution in [0, 0.1) is 6.92 Å². The molecule has 0 aliphatic rings. The van der Waals surface area contributed by atoms with Gasteiger partial charge >= 0.3 is 5.97 Å². The number of carbonyl (C=O) groups is 2. The normalized spacial score (nSPS) is 10.9. The van der Waals surface area contributed by atoms with Crippen LogP contribution < -0.4 is 10.2 Å². The van der Waals surface area contributed by atoms with Crippen molar-refractivity contribution in [1.29, 1.82) is 0 Å². The number of hydrogen-bond donors (Lipinski definition) is 1. The Labute approximate surface area is 190 Å². The van der Waals surface area contributed by atoms with E-state index in [2.05, 4.69) is 10.5 Å². The van der Waals surface area contributed by atoms with Crippen LogP contribution in [0.1, 0.15) is 31.8 Å². The number of benzene rings is 4. The van der Waals surface area contributed by atoms with Crippen LogP contribution in [0.15, 0.2) is 90.0 Å². The molecule has 0 aliphatic carbocycles. The van der Waals surface area contributed by atoms with Crippen LogP contribution in [0.3, 0.4) is 0 Å². The van der Waals surface area contributed by atoms with Crippen LogP contribution in [-0.2, 0) is 0 Å². The summed E-state index contributed by atoms with van der Waals surface area (Å²) in [6, 6.07) is 25.0. The minimum absolute atomic E-state index is 0.343. The van der Waals surface area contributed by atoms with Crippen LogP contribution in [0.25, 0.3) is 10.8 Å². The van der Waals surface area contributed by atoms with Gasteiger partial charge in [-0.05, 0) is 54.1 Å². The van der Waals surface area contributed by atoms with Crippen molar-refractivity contribution in [1.82, 2.24) is 5.43 Å². The molecule has 6 heteroatoms. The lowest BCUT2D eigenvalue weighted by Crippen LogP contribution is -2.17. The first kappa shape index (κ1) is 21.3. The Balaban J connectivity index is 1.62. The quantitative estimate of drug-likeness (QED) is 0.184. The Morgan fingerprint density at radius 1 is 0.906 bits per heavy atom. The second kappa shape index (κ2) is 9.45. The highest BCUT2D eigenvalue weighted by Gasteiger charge is 2.14. The molecule has 0 spiro atoms. The number of hydrazone groups is 1. The van der Waals surface area contributed by atoms with Gasteiger partial charge in [0.25, 0.3) is 5.91 Å². The molecule has 0 radical (unpaired) electrons. The van der Waals surface area contributed by atoms with Gasteiger partial charge in [0.2, 0.25) is 0 Å². The van der Waals surface area contributed by atoms with E-state index in [9.17, 15) is 9.59 Å². The van der Waals surface area contributed by atoms with E-state index >= 15 is 0 Å². The van der Waals surface area contributed by atoms with Crippen LogP contribution in [0.2, 0.25) is 5.02 Å². The summed E-state index contributed by atoms with van der Waals surface area (Å²) in [6.07, 6.45) is 1.47. The van der Waals surface area contributed by atoms with Crippen molar-refractivity contribution in [3.05, 3.63) is 112 Å². The van der Waals surface area contributed by atoms with E-state index in [0.717, 1.165) is 16.3 Å². The number of hydrogen-bond acceptors (Lipinski definition) is 4. The predicted octanol–water partition coefficient (Wildman–Crippen LogP) is 5.78. The lowest BCUT2D eigenvalue weighted by atomic mass is 10.0. The fourth-order valence-electron chi connectivity index (χ4n) is 3.20. The molecule has 0 fully saturated rings. The lowest BCUT2D eigenvalue weighted by molar-refractivity contribution is 0.0734. The van der Waals surface area contributed by atoms with Gasteiger partial charge in [-0.15, -0.1) is 0 Å². The Kier molecular flexibility index (Phi) is 6.29. The first-order chi connectivity index (χ1) is 15.5. The molecule has 4 rings (SSSR count). The smallest absolute Gasteiger partial charge is 0.343 e. The molecule has 1 amide bonds. The number of halogens is 1. The summed E-state index contributed by atoms with van der Waals surface area (Å²) < 4.78 is 5.68. The molecule has 1 N–H and O–H groups in total. The van der Waals surface area contributed by atoms with Crippen LogP contribution in [0.5, 0.6) is 5.75 Å². The highest BCUT2D eigenvalue weighted by Crippen LogP contribution is 2.27. The highest BCUT2D eigenvalue weighted by molar-refractivity contribution is 6.31. The number of ether oxygens (including phenoxy) is 1. The third-order valence-electron chi connectivity index (χ3n) is 4.87. The summed E-state index contributed by atoms with van der Waals surface area (Å²) in [6.45, 7) is 1.95. The van der Waals surface area contributed by atoms with Crippen LogP contribution in [0.4, 0.5) is 0 Å². The molecule has 0 atom stereocenters. The number of nitrogens with zero attached hydrogens (tertiary/aromatic N) is 1. The molecule has 32 heavy (non-hydrogen) atoms. The van der Waals surface area contributed by atoms with Gasteiger partial charge in [0.1, 0.15) is 5.75 Å². The van der Waals surface area contributed by atoms with Crippen molar-refractivity contribution >= 4 is 40.5 Å². The van der Waals surface area contributed by atoms with Gasteiger partial charge < -0.3 is 4.74 Å². The van der Waals surface area contributed by atoms with Gasteiger partial charge in [-0.2, -0.15) is 5.10 Å². The standard InChI is InChI=1S/C26H19ClN2O3/c1-17-9-11-19(12-10-17)26(31)32-24-14-13-18-5-2-3-8-22(18)23(24)16-28-29-25(30)20-6-4-7-21(27)15-20/h2-16H,1H3,(H,29,30)/b28-16+. The minimum atomic E-state index is -0.474. The topological polar surface area (TPSA) is 67.8 Å². The molecule has 0 bridgehead atoms. The molecule has 4 aromatic carbocycles. The van der Waals surface area contributed by atoms with Crippen molar-refractivity contribution in [2.75, 3.05) is 0 Å². The molecular weight excluding hydrogens is 424 g/mol. The minimum Gasteiger partial charge on any atom is -0.422 e. The molecule has 0 aliphatic heterocycles. The zero-order valence-electron chi connectivity index (χ0n) is 17.2. The van der Waals surface area contributed by atoms with Crippen molar-refractivity contribution < 1.29 is 14.3 Å². The van der Waals surface area contributed by atoms with E-state index in [1.54, 1.807) is 42.5 Å². The van der Waals surface area contributed by atoms with E-state index in [4.69, 9.17) is 16.3 Å². The Hall–Kier alpha value is -3.96. The number of nitrogens with one attached hydrogen (secondary N) is 1. The van der Waals surface area contributed by atoms with Crippen molar-refractivity contribution in [2.45, 2.75) is 6.92 Å². The molecule has 158 valence electrons. The van der Waals surface area contributed by atoms with Gasteiger partial charge in [0.05, 0.1) is 11.8 Å². The number of carbonyl (C=O) groups excluding carboxylic acids is 2. The molecule has 0 aromatic heterocycles.